The fraction of sp³-hybridized carbons (Fsp3) is 0.217. The summed E-state index contributed by atoms with van der Waals surface area (Å²) in [6.07, 6.45) is 2.89. The summed E-state index contributed by atoms with van der Waals surface area (Å²) in [5.74, 6) is -0.104. The lowest BCUT2D eigenvalue weighted by atomic mass is 9.88. The molecule has 3 heterocycles. The third-order valence-corrected chi connectivity index (χ3v) is 9.10. The maximum Gasteiger partial charge on any atom is 0.193 e. The predicted octanol–water partition coefficient (Wildman–Crippen LogP) is 6.62. The van der Waals surface area contributed by atoms with E-state index in [0.717, 1.165) is 59.0 Å². The smallest absolute Gasteiger partial charge is 0.193 e. The summed E-state index contributed by atoms with van der Waals surface area (Å²) in [4.78, 5) is 26.9. The van der Waals surface area contributed by atoms with E-state index in [4.69, 9.17) is 0 Å². The SMILES string of the molecule is CCCCC1c2c(sc3ccccc3c2=O)Sc2sc3ccccc3c(=O)c21. The third kappa shape index (κ3) is 2.76. The molecule has 0 aliphatic carbocycles. The average molecular weight is 423 g/mol. The van der Waals surface area contributed by atoms with Crippen molar-refractivity contribution in [1.82, 2.24) is 0 Å². The highest BCUT2D eigenvalue weighted by Gasteiger charge is 2.33. The van der Waals surface area contributed by atoms with Crippen LogP contribution in [0.3, 0.4) is 0 Å². The van der Waals surface area contributed by atoms with Crippen LogP contribution < -0.4 is 10.9 Å². The van der Waals surface area contributed by atoms with Gasteiger partial charge in [0.1, 0.15) is 0 Å². The van der Waals surface area contributed by atoms with E-state index in [1.807, 2.05) is 48.5 Å². The van der Waals surface area contributed by atoms with E-state index in [0.29, 0.717) is 0 Å². The predicted molar refractivity (Wildman–Crippen MR) is 122 cm³/mol. The fourth-order valence-corrected chi connectivity index (χ4v) is 8.26. The Morgan fingerprint density at radius 2 is 1.29 bits per heavy atom. The summed E-state index contributed by atoms with van der Waals surface area (Å²) in [5, 5.41) is 1.54. The van der Waals surface area contributed by atoms with Gasteiger partial charge in [-0.05, 0) is 30.7 Å². The van der Waals surface area contributed by atoms with Crippen LogP contribution in [0.25, 0.3) is 20.2 Å². The van der Waals surface area contributed by atoms with Crippen LogP contribution >= 0.6 is 34.4 Å². The highest BCUT2D eigenvalue weighted by molar-refractivity contribution is 8.03. The first-order valence-electron chi connectivity index (χ1n) is 9.48. The number of hydrogen-bond donors (Lipinski definition) is 0. The number of rotatable bonds is 3. The fourth-order valence-electron chi connectivity index (χ4n) is 3.95. The van der Waals surface area contributed by atoms with E-state index in [1.165, 1.54) is 0 Å². The molecule has 0 saturated carbocycles. The summed E-state index contributed by atoms with van der Waals surface area (Å²) >= 11 is 4.98. The van der Waals surface area contributed by atoms with Crippen LogP contribution in [-0.2, 0) is 0 Å². The van der Waals surface area contributed by atoms with Gasteiger partial charge in [0, 0.05) is 37.2 Å². The van der Waals surface area contributed by atoms with E-state index in [-0.39, 0.29) is 16.8 Å². The van der Waals surface area contributed by atoms with Crippen molar-refractivity contribution in [3.05, 3.63) is 80.1 Å². The minimum atomic E-state index is -0.104. The summed E-state index contributed by atoms with van der Waals surface area (Å²) in [7, 11) is 0. The van der Waals surface area contributed by atoms with Crippen LogP contribution in [0.1, 0.15) is 43.2 Å². The van der Waals surface area contributed by atoms with Crippen LogP contribution in [0.2, 0.25) is 0 Å². The van der Waals surface area contributed by atoms with Gasteiger partial charge >= 0.3 is 0 Å². The van der Waals surface area contributed by atoms with Crippen molar-refractivity contribution in [1.29, 1.82) is 0 Å². The zero-order valence-electron chi connectivity index (χ0n) is 15.4. The van der Waals surface area contributed by atoms with Gasteiger partial charge in [0.2, 0.25) is 0 Å². The first-order chi connectivity index (χ1) is 13.7. The van der Waals surface area contributed by atoms with E-state index < -0.39 is 0 Å². The first-order valence-corrected chi connectivity index (χ1v) is 11.9. The van der Waals surface area contributed by atoms with Gasteiger partial charge < -0.3 is 0 Å². The Hall–Kier alpha value is -1.95. The second-order valence-corrected chi connectivity index (χ2v) is 10.7. The second kappa shape index (κ2) is 7.14. The van der Waals surface area contributed by atoms with Crippen molar-refractivity contribution in [3.63, 3.8) is 0 Å². The van der Waals surface area contributed by atoms with Crippen LogP contribution in [0.5, 0.6) is 0 Å². The molecule has 0 amide bonds. The monoisotopic (exact) mass is 422 g/mol. The van der Waals surface area contributed by atoms with Crippen LogP contribution in [0.4, 0.5) is 0 Å². The number of benzene rings is 2. The molecule has 2 nitrogen and oxygen atoms in total. The van der Waals surface area contributed by atoms with Crippen molar-refractivity contribution in [3.8, 4) is 0 Å². The van der Waals surface area contributed by atoms with Gasteiger partial charge in [0.25, 0.3) is 0 Å². The lowest BCUT2D eigenvalue weighted by molar-refractivity contribution is 0.633. The molecular weight excluding hydrogens is 404 g/mol. The molecule has 0 N–H and O–H groups in total. The molecule has 0 radical (unpaired) electrons. The highest BCUT2D eigenvalue weighted by atomic mass is 32.2. The van der Waals surface area contributed by atoms with Gasteiger partial charge in [-0.3, -0.25) is 9.59 Å². The minimum Gasteiger partial charge on any atom is -0.289 e. The molecule has 0 saturated heterocycles. The molecule has 0 spiro atoms. The molecule has 2 aromatic heterocycles. The van der Waals surface area contributed by atoms with Gasteiger partial charge in [-0.15, -0.1) is 22.7 Å². The molecule has 5 heteroatoms. The van der Waals surface area contributed by atoms with Gasteiger partial charge in [0.05, 0.1) is 8.42 Å². The number of hydrogen-bond acceptors (Lipinski definition) is 5. The van der Waals surface area contributed by atoms with E-state index in [2.05, 4.69) is 6.92 Å². The van der Waals surface area contributed by atoms with Crippen molar-refractivity contribution in [2.45, 2.75) is 40.5 Å². The van der Waals surface area contributed by atoms with Crippen LogP contribution in [-0.4, -0.2) is 0 Å². The zero-order chi connectivity index (χ0) is 19.3. The third-order valence-electron chi connectivity index (χ3n) is 5.33. The second-order valence-electron chi connectivity index (χ2n) is 7.05. The summed E-state index contributed by atoms with van der Waals surface area (Å²) in [5.41, 5.74) is 1.88. The zero-order valence-corrected chi connectivity index (χ0v) is 17.8. The maximum atomic E-state index is 13.4. The van der Waals surface area contributed by atoms with Gasteiger partial charge in [0.15, 0.2) is 10.9 Å². The molecule has 0 unspecified atom stereocenters. The molecular formula is C23H18O2S3. The van der Waals surface area contributed by atoms with Gasteiger partial charge in [-0.25, -0.2) is 0 Å². The topological polar surface area (TPSA) is 34.1 Å². The van der Waals surface area contributed by atoms with Crippen LogP contribution in [0.15, 0.2) is 66.5 Å². The lowest BCUT2D eigenvalue weighted by Crippen LogP contribution is -2.24. The Morgan fingerprint density at radius 1 is 0.786 bits per heavy atom. The Bertz CT molecular complexity index is 1230. The quantitative estimate of drug-likeness (QED) is 0.372. The van der Waals surface area contributed by atoms with Crippen molar-refractivity contribution in [2.75, 3.05) is 0 Å². The molecule has 2 aromatic carbocycles. The molecule has 0 bridgehead atoms. The van der Waals surface area contributed by atoms with Gasteiger partial charge in [-0.1, -0.05) is 55.8 Å². The molecule has 1 aliphatic rings. The molecule has 0 fully saturated rings. The van der Waals surface area contributed by atoms with Crippen LogP contribution in [0, 0.1) is 0 Å². The van der Waals surface area contributed by atoms with Gasteiger partial charge in [-0.2, -0.15) is 0 Å². The largest absolute Gasteiger partial charge is 0.289 e. The normalized spacial score (nSPS) is 13.6. The molecule has 4 aromatic rings. The van der Waals surface area contributed by atoms with Crippen molar-refractivity contribution < 1.29 is 0 Å². The van der Waals surface area contributed by atoms with E-state index in [1.54, 1.807) is 34.4 Å². The summed E-state index contributed by atoms with van der Waals surface area (Å²) < 4.78 is 4.15. The maximum absolute atomic E-state index is 13.4. The molecule has 5 rings (SSSR count). The summed E-state index contributed by atoms with van der Waals surface area (Å²) in [6, 6.07) is 15.6. The van der Waals surface area contributed by atoms with Crippen molar-refractivity contribution >= 4 is 54.6 Å². The Morgan fingerprint density at radius 3 is 1.79 bits per heavy atom. The number of unbranched alkanes of at least 4 members (excludes halogenated alkanes) is 1. The standard InChI is InChI=1S/C23H18O2S3/c1-2-3-8-15-18-20(24)13-9-4-6-11-16(13)26-22(18)28-23-19(15)21(25)14-10-5-7-12-17(14)27-23/h4-7,9-12,15H,2-3,8H2,1H3. The Kier molecular flexibility index (Phi) is 4.62. The molecule has 0 atom stereocenters. The summed E-state index contributed by atoms with van der Waals surface area (Å²) in [6.45, 7) is 2.15. The van der Waals surface area contributed by atoms with E-state index >= 15 is 0 Å². The highest BCUT2D eigenvalue weighted by Crippen LogP contribution is 2.50. The minimum absolute atomic E-state index is 0.0983. The van der Waals surface area contributed by atoms with Crippen molar-refractivity contribution in [2.24, 2.45) is 0 Å². The first kappa shape index (κ1) is 18.1. The average Bonchev–Trinajstić information content (AvgIpc) is 2.71. The Balaban J connectivity index is 1.84. The van der Waals surface area contributed by atoms with E-state index in [9.17, 15) is 9.59 Å². The lowest BCUT2D eigenvalue weighted by Gasteiger charge is -2.26. The Labute approximate surface area is 174 Å². The molecule has 28 heavy (non-hydrogen) atoms. The molecule has 1 aliphatic heterocycles. The number of fused-ring (bicyclic) bond motifs is 4. The molecule has 140 valence electrons.